The van der Waals surface area contributed by atoms with E-state index in [-0.39, 0.29) is 5.92 Å². The Morgan fingerprint density at radius 2 is 1.79 bits per heavy atom. The molecule has 3 saturated carbocycles. The van der Waals surface area contributed by atoms with Gasteiger partial charge in [0.2, 0.25) is 11.6 Å². The summed E-state index contributed by atoms with van der Waals surface area (Å²) in [7, 11) is 0. The highest BCUT2D eigenvalue weighted by Gasteiger charge is 2.61. The maximum Gasteiger partial charge on any atom is 0.269 e. The summed E-state index contributed by atoms with van der Waals surface area (Å²) in [6, 6.07) is 0. The number of fused-ring (bicyclic) bond motifs is 5. The third-order valence-electron chi connectivity index (χ3n) is 8.49. The maximum atomic E-state index is 12.8. The van der Waals surface area contributed by atoms with E-state index in [0.717, 1.165) is 37.2 Å². The molecule has 4 rings (SSSR count). The minimum Gasteiger partial charge on any atom is -0.289 e. The lowest BCUT2D eigenvalue weighted by molar-refractivity contribution is -0.152. The van der Waals surface area contributed by atoms with Gasteiger partial charge in [-0.25, -0.2) is 0 Å². The van der Waals surface area contributed by atoms with E-state index in [4.69, 9.17) is 0 Å². The number of hydrogen-bond acceptors (Lipinski definition) is 3. The molecule has 130 valence electrons. The average Bonchev–Trinajstić information content (AvgIpc) is 2.91. The van der Waals surface area contributed by atoms with Crippen LogP contribution in [0.5, 0.6) is 0 Å². The number of allylic oxidation sites excluding steroid dienone is 1. The highest BCUT2D eigenvalue weighted by Crippen LogP contribution is 2.66. The van der Waals surface area contributed by atoms with Gasteiger partial charge < -0.3 is 0 Å². The van der Waals surface area contributed by atoms with Gasteiger partial charge in [0, 0.05) is 0 Å². The van der Waals surface area contributed by atoms with Crippen molar-refractivity contribution in [2.24, 2.45) is 34.5 Å². The lowest BCUT2D eigenvalue weighted by atomic mass is 9.46. The Kier molecular flexibility index (Phi) is 3.47. The van der Waals surface area contributed by atoms with Crippen LogP contribution < -0.4 is 0 Å². The van der Waals surface area contributed by atoms with E-state index in [0.29, 0.717) is 17.3 Å². The first-order valence-electron chi connectivity index (χ1n) is 9.68. The zero-order valence-electron chi connectivity index (χ0n) is 15.1. The molecule has 0 bridgehead atoms. The van der Waals surface area contributed by atoms with Gasteiger partial charge >= 0.3 is 0 Å². The number of hydrogen-bond donors (Lipinski definition) is 0. The van der Waals surface area contributed by atoms with Gasteiger partial charge in [-0.1, -0.05) is 25.8 Å². The Bertz CT molecular complexity index is 660. The normalized spacial score (nSPS) is 47.8. The summed E-state index contributed by atoms with van der Waals surface area (Å²) < 4.78 is 0. The van der Waals surface area contributed by atoms with Crippen molar-refractivity contribution in [1.29, 1.82) is 0 Å². The fourth-order valence-electron chi connectivity index (χ4n) is 7.11. The van der Waals surface area contributed by atoms with Crippen LogP contribution in [0.2, 0.25) is 0 Å². The van der Waals surface area contributed by atoms with Crippen molar-refractivity contribution in [3.63, 3.8) is 0 Å². The lowest BCUT2D eigenvalue weighted by Gasteiger charge is -2.57. The number of Topliss-reactive ketones (excluding diaryl/α,β-unsaturated/α-hetero) is 2. The van der Waals surface area contributed by atoms with Crippen LogP contribution in [0.4, 0.5) is 0 Å². The molecule has 0 N–H and O–H groups in total. The highest BCUT2D eigenvalue weighted by molar-refractivity contribution is 6.68. The van der Waals surface area contributed by atoms with Crippen LogP contribution in [0.3, 0.4) is 0 Å². The molecule has 0 amide bonds. The molecule has 0 aromatic carbocycles. The molecule has 24 heavy (non-hydrogen) atoms. The maximum absolute atomic E-state index is 12.8. The van der Waals surface area contributed by atoms with E-state index in [1.807, 2.05) is 6.92 Å². The van der Waals surface area contributed by atoms with Crippen LogP contribution >= 0.6 is 0 Å². The van der Waals surface area contributed by atoms with Crippen molar-refractivity contribution in [2.45, 2.75) is 65.7 Å². The molecule has 4 aliphatic carbocycles. The molecule has 0 aliphatic heterocycles. The largest absolute Gasteiger partial charge is 0.289 e. The minimum absolute atomic E-state index is 0.246. The molecule has 3 nitrogen and oxygen atoms in total. The molecule has 3 fully saturated rings. The van der Waals surface area contributed by atoms with E-state index in [1.54, 1.807) is 0 Å². The standard InChI is InChI=1S/C21H28O3/c1-4-12-6-8-15-14-7-5-13-11-17(22)18(23)19(24)21(13,3)16(14)9-10-20(12,15)2/h11-12,14-16H,4-10H2,1-3H3/t12-,14-,15-,16-,20+,21-/m0/s1. The third-order valence-corrected chi connectivity index (χ3v) is 8.49. The third kappa shape index (κ3) is 1.82. The van der Waals surface area contributed by atoms with Gasteiger partial charge in [-0.3, -0.25) is 14.4 Å². The Balaban J connectivity index is 1.74. The van der Waals surface area contributed by atoms with E-state index < -0.39 is 22.8 Å². The lowest BCUT2D eigenvalue weighted by Crippen LogP contribution is -2.56. The van der Waals surface area contributed by atoms with Crippen molar-refractivity contribution in [3.05, 3.63) is 11.6 Å². The monoisotopic (exact) mass is 328 g/mol. The first-order chi connectivity index (χ1) is 11.3. The first kappa shape index (κ1) is 16.2. The zero-order valence-corrected chi connectivity index (χ0v) is 15.1. The molecule has 0 heterocycles. The Morgan fingerprint density at radius 1 is 1.04 bits per heavy atom. The van der Waals surface area contributed by atoms with Crippen LogP contribution in [0.1, 0.15) is 65.7 Å². The Morgan fingerprint density at radius 3 is 2.50 bits per heavy atom. The topological polar surface area (TPSA) is 51.2 Å². The summed E-state index contributed by atoms with van der Waals surface area (Å²) in [5.41, 5.74) is 0.636. The smallest absolute Gasteiger partial charge is 0.269 e. The molecule has 0 unspecified atom stereocenters. The molecular weight excluding hydrogens is 300 g/mol. The number of carbonyl (C=O) groups is 3. The Hall–Kier alpha value is -1.25. The second-order valence-electron chi connectivity index (χ2n) is 9.04. The van der Waals surface area contributed by atoms with Gasteiger partial charge in [-0.05, 0) is 80.6 Å². The second-order valence-corrected chi connectivity index (χ2v) is 9.04. The fourth-order valence-corrected chi connectivity index (χ4v) is 7.11. The summed E-state index contributed by atoms with van der Waals surface area (Å²) in [5, 5.41) is 0. The summed E-state index contributed by atoms with van der Waals surface area (Å²) >= 11 is 0. The number of carbonyl (C=O) groups excluding carboxylic acids is 3. The van der Waals surface area contributed by atoms with Crippen molar-refractivity contribution in [2.75, 3.05) is 0 Å². The van der Waals surface area contributed by atoms with E-state index in [1.165, 1.54) is 25.3 Å². The first-order valence-corrected chi connectivity index (χ1v) is 9.68. The van der Waals surface area contributed by atoms with Crippen LogP contribution in [0.25, 0.3) is 0 Å². The highest BCUT2D eigenvalue weighted by atomic mass is 16.2. The predicted octanol–water partition coefficient (Wildman–Crippen LogP) is 3.90. The summed E-state index contributed by atoms with van der Waals surface area (Å²) in [5.74, 6) is 0.460. The molecule has 0 aromatic heterocycles. The average molecular weight is 328 g/mol. The van der Waals surface area contributed by atoms with Gasteiger partial charge in [-0.2, -0.15) is 0 Å². The second kappa shape index (κ2) is 5.12. The van der Waals surface area contributed by atoms with Gasteiger partial charge in [0.15, 0.2) is 0 Å². The van der Waals surface area contributed by atoms with Crippen LogP contribution in [0.15, 0.2) is 11.6 Å². The SMILES string of the molecule is CC[C@H]1CC[C@H]2[C@@H]3CCC4=CC(=O)C(=O)C(=O)[C@]4(C)[C@H]3CC[C@]12C. The predicted molar refractivity (Wildman–Crippen MR) is 91.3 cm³/mol. The van der Waals surface area contributed by atoms with Crippen molar-refractivity contribution in [3.8, 4) is 0 Å². The minimum atomic E-state index is -0.784. The van der Waals surface area contributed by atoms with Gasteiger partial charge in [0.1, 0.15) is 0 Å². The van der Waals surface area contributed by atoms with Crippen LogP contribution in [0, 0.1) is 34.5 Å². The molecule has 3 heteroatoms. The van der Waals surface area contributed by atoms with E-state index in [9.17, 15) is 14.4 Å². The van der Waals surface area contributed by atoms with Crippen LogP contribution in [-0.2, 0) is 14.4 Å². The number of rotatable bonds is 1. The quantitative estimate of drug-likeness (QED) is 0.686. The van der Waals surface area contributed by atoms with Crippen molar-refractivity contribution in [1.82, 2.24) is 0 Å². The summed E-state index contributed by atoms with van der Waals surface area (Å²) in [6.07, 6.45) is 9.40. The molecule has 0 aromatic rings. The molecule has 0 saturated heterocycles. The van der Waals surface area contributed by atoms with Gasteiger partial charge in [0.25, 0.3) is 5.78 Å². The zero-order chi connectivity index (χ0) is 17.3. The fraction of sp³-hybridized carbons (Fsp3) is 0.762. The van der Waals surface area contributed by atoms with Gasteiger partial charge in [-0.15, -0.1) is 0 Å². The molecule has 0 spiro atoms. The molecular formula is C21H28O3. The van der Waals surface area contributed by atoms with Crippen LogP contribution in [-0.4, -0.2) is 17.3 Å². The van der Waals surface area contributed by atoms with E-state index in [2.05, 4.69) is 13.8 Å². The molecule has 6 atom stereocenters. The molecule has 4 aliphatic rings. The van der Waals surface area contributed by atoms with E-state index >= 15 is 0 Å². The summed E-state index contributed by atoms with van der Waals surface area (Å²) in [6.45, 7) is 6.74. The van der Waals surface area contributed by atoms with Crippen molar-refractivity contribution < 1.29 is 14.4 Å². The number of ketones is 3. The molecule has 0 radical (unpaired) electrons. The summed E-state index contributed by atoms with van der Waals surface area (Å²) in [4.78, 5) is 36.8. The Labute approximate surface area is 144 Å². The van der Waals surface area contributed by atoms with Gasteiger partial charge in [0.05, 0.1) is 5.41 Å². The van der Waals surface area contributed by atoms with Crippen molar-refractivity contribution >= 4 is 17.3 Å².